The summed E-state index contributed by atoms with van der Waals surface area (Å²) in [6.07, 6.45) is 5.71. The Hall–Kier alpha value is -0.0400. The summed E-state index contributed by atoms with van der Waals surface area (Å²) in [5.74, 6) is 0.995. The Balaban J connectivity index is 2.34. The molecule has 0 aromatic rings. The third kappa shape index (κ3) is 0.703. The van der Waals surface area contributed by atoms with Gasteiger partial charge >= 0.3 is 0 Å². The average molecular weight is 153 g/mol. The standard InChI is InChI=1S/C10H19N/c1-9(2)8-4-6-10(9,11-3)7-5-8/h8,11H,4-7H2,1-3H3. The second-order valence-electron chi connectivity index (χ2n) is 4.83. The van der Waals surface area contributed by atoms with Crippen LogP contribution in [0, 0.1) is 11.3 Å². The largest absolute Gasteiger partial charge is 0.314 e. The van der Waals surface area contributed by atoms with E-state index in [0.29, 0.717) is 11.0 Å². The minimum absolute atomic E-state index is 0.498. The van der Waals surface area contributed by atoms with Crippen molar-refractivity contribution >= 4 is 0 Å². The first kappa shape index (κ1) is 7.60. The van der Waals surface area contributed by atoms with E-state index in [1.165, 1.54) is 25.7 Å². The van der Waals surface area contributed by atoms with Gasteiger partial charge in [0.1, 0.15) is 0 Å². The van der Waals surface area contributed by atoms with Crippen LogP contribution in [0.25, 0.3) is 0 Å². The zero-order valence-corrected chi connectivity index (χ0v) is 7.91. The molecule has 0 aromatic carbocycles. The molecule has 0 saturated heterocycles. The summed E-state index contributed by atoms with van der Waals surface area (Å²) in [6, 6.07) is 0. The SMILES string of the molecule is CNC12CCC(CC1)C2(C)C. The van der Waals surface area contributed by atoms with Crippen LogP contribution >= 0.6 is 0 Å². The fraction of sp³-hybridized carbons (Fsp3) is 1.00. The summed E-state index contributed by atoms with van der Waals surface area (Å²) < 4.78 is 0. The maximum atomic E-state index is 3.56. The highest BCUT2D eigenvalue weighted by molar-refractivity contribution is 5.13. The first-order valence-corrected chi connectivity index (χ1v) is 4.81. The highest BCUT2D eigenvalue weighted by Gasteiger charge is 2.57. The molecular formula is C10H19N. The van der Waals surface area contributed by atoms with E-state index in [1.807, 2.05) is 0 Å². The number of hydrogen-bond acceptors (Lipinski definition) is 1. The highest BCUT2D eigenvalue weighted by Crippen LogP contribution is 2.59. The monoisotopic (exact) mass is 153 g/mol. The molecule has 1 N–H and O–H groups in total. The van der Waals surface area contributed by atoms with E-state index in [-0.39, 0.29) is 0 Å². The summed E-state index contributed by atoms with van der Waals surface area (Å²) >= 11 is 0. The fourth-order valence-corrected chi connectivity index (χ4v) is 3.44. The van der Waals surface area contributed by atoms with Crippen molar-refractivity contribution in [2.75, 3.05) is 7.05 Å². The van der Waals surface area contributed by atoms with E-state index in [9.17, 15) is 0 Å². The Morgan fingerprint density at radius 2 is 1.73 bits per heavy atom. The zero-order valence-electron chi connectivity index (χ0n) is 7.91. The van der Waals surface area contributed by atoms with Crippen LogP contribution in [0.5, 0.6) is 0 Å². The summed E-state index contributed by atoms with van der Waals surface area (Å²) in [7, 11) is 2.13. The summed E-state index contributed by atoms with van der Waals surface area (Å²) in [6.45, 7) is 4.88. The lowest BCUT2D eigenvalue weighted by Gasteiger charge is -2.37. The van der Waals surface area contributed by atoms with Crippen molar-refractivity contribution in [3.63, 3.8) is 0 Å². The molecule has 1 nitrogen and oxygen atoms in total. The predicted octanol–water partition coefficient (Wildman–Crippen LogP) is 2.17. The third-order valence-electron chi connectivity index (χ3n) is 4.57. The van der Waals surface area contributed by atoms with Crippen LogP contribution in [-0.2, 0) is 0 Å². The maximum absolute atomic E-state index is 3.56. The quantitative estimate of drug-likeness (QED) is 0.609. The fourth-order valence-electron chi connectivity index (χ4n) is 3.44. The van der Waals surface area contributed by atoms with Crippen molar-refractivity contribution in [2.24, 2.45) is 11.3 Å². The first-order chi connectivity index (χ1) is 5.12. The Morgan fingerprint density at radius 1 is 1.18 bits per heavy atom. The molecular weight excluding hydrogens is 134 g/mol. The molecule has 11 heavy (non-hydrogen) atoms. The Bertz CT molecular complexity index is 164. The average Bonchev–Trinajstić information content (AvgIpc) is 2.39. The molecule has 2 bridgehead atoms. The highest BCUT2D eigenvalue weighted by atomic mass is 15.0. The van der Waals surface area contributed by atoms with Crippen molar-refractivity contribution in [2.45, 2.75) is 45.1 Å². The molecule has 2 rings (SSSR count). The molecule has 2 aliphatic rings. The van der Waals surface area contributed by atoms with Gasteiger partial charge < -0.3 is 5.32 Å². The summed E-state index contributed by atoms with van der Waals surface area (Å²) in [5, 5.41) is 3.56. The second kappa shape index (κ2) is 2.01. The van der Waals surface area contributed by atoms with Gasteiger partial charge in [0.25, 0.3) is 0 Å². The van der Waals surface area contributed by atoms with E-state index < -0.39 is 0 Å². The molecule has 0 aliphatic heterocycles. The van der Waals surface area contributed by atoms with Crippen molar-refractivity contribution in [1.82, 2.24) is 5.32 Å². The van der Waals surface area contributed by atoms with Gasteiger partial charge in [-0.3, -0.25) is 0 Å². The minimum Gasteiger partial charge on any atom is -0.314 e. The lowest BCUT2D eigenvalue weighted by molar-refractivity contribution is 0.183. The van der Waals surface area contributed by atoms with Crippen LogP contribution in [0.15, 0.2) is 0 Å². The van der Waals surface area contributed by atoms with Crippen molar-refractivity contribution < 1.29 is 0 Å². The van der Waals surface area contributed by atoms with Crippen LogP contribution in [0.3, 0.4) is 0 Å². The van der Waals surface area contributed by atoms with Crippen LogP contribution in [0.2, 0.25) is 0 Å². The Kier molecular flexibility index (Phi) is 1.39. The lowest BCUT2D eigenvalue weighted by atomic mass is 9.76. The number of nitrogens with one attached hydrogen (secondary N) is 1. The molecule has 0 aromatic heterocycles. The van der Waals surface area contributed by atoms with Crippen LogP contribution < -0.4 is 5.32 Å². The molecule has 0 heterocycles. The smallest absolute Gasteiger partial charge is 0.0232 e. The van der Waals surface area contributed by atoms with Gasteiger partial charge in [0.15, 0.2) is 0 Å². The second-order valence-corrected chi connectivity index (χ2v) is 4.83. The molecule has 0 unspecified atom stereocenters. The van der Waals surface area contributed by atoms with Gasteiger partial charge in [-0.15, -0.1) is 0 Å². The molecule has 2 saturated carbocycles. The molecule has 0 amide bonds. The summed E-state index contributed by atoms with van der Waals surface area (Å²) in [4.78, 5) is 0. The molecule has 0 atom stereocenters. The topological polar surface area (TPSA) is 12.0 Å². The van der Waals surface area contributed by atoms with Crippen LogP contribution in [0.1, 0.15) is 39.5 Å². The van der Waals surface area contributed by atoms with E-state index in [1.54, 1.807) is 0 Å². The van der Waals surface area contributed by atoms with E-state index in [0.717, 1.165) is 5.92 Å². The molecule has 0 radical (unpaired) electrons. The van der Waals surface area contributed by atoms with Gasteiger partial charge in [-0.25, -0.2) is 0 Å². The lowest BCUT2D eigenvalue weighted by Crippen LogP contribution is -2.48. The Morgan fingerprint density at radius 3 is 1.91 bits per heavy atom. The van der Waals surface area contributed by atoms with Gasteiger partial charge in [0.2, 0.25) is 0 Å². The number of hydrogen-bond donors (Lipinski definition) is 1. The molecule has 2 aliphatic carbocycles. The van der Waals surface area contributed by atoms with Crippen LogP contribution in [0.4, 0.5) is 0 Å². The van der Waals surface area contributed by atoms with E-state index in [2.05, 4.69) is 26.2 Å². The normalized spacial score (nSPS) is 46.6. The van der Waals surface area contributed by atoms with Crippen molar-refractivity contribution in [3.05, 3.63) is 0 Å². The van der Waals surface area contributed by atoms with Gasteiger partial charge in [-0.05, 0) is 44.1 Å². The molecule has 2 fully saturated rings. The van der Waals surface area contributed by atoms with Crippen molar-refractivity contribution in [1.29, 1.82) is 0 Å². The molecule has 0 spiro atoms. The van der Waals surface area contributed by atoms with Gasteiger partial charge in [-0.1, -0.05) is 13.8 Å². The van der Waals surface area contributed by atoms with E-state index in [4.69, 9.17) is 0 Å². The van der Waals surface area contributed by atoms with Crippen LogP contribution in [-0.4, -0.2) is 12.6 Å². The van der Waals surface area contributed by atoms with E-state index >= 15 is 0 Å². The molecule has 1 heteroatoms. The summed E-state index contributed by atoms with van der Waals surface area (Å²) in [5.41, 5.74) is 1.05. The van der Waals surface area contributed by atoms with Crippen molar-refractivity contribution in [3.8, 4) is 0 Å². The first-order valence-electron chi connectivity index (χ1n) is 4.81. The predicted molar refractivity (Wildman–Crippen MR) is 47.5 cm³/mol. The van der Waals surface area contributed by atoms with Gasteiger partial charge in [-0.2, -0.15) is 0 Å². The zero-order chi connectivity index (χ0) is 8.11. The minimum atomic E-state index is 0.498. The maximum Gasteiger partial charge on any atom is 0.0232 e. The van der Waals surface area contributed by atoms with Gasteiger partial charge in [0.05, 0.1) is 0 Å². The number of fused-ring (bicyclic) bond motifs is 2. The molecule has 64 valence electrons. The van der Waals surface area contributed by atoms with Gasteiger partial charge in [0, 0.05) is 5.54 Å². The Labute approximate surface area is 69.6 Å². The number of rotatable bonds is 1. The third-order valence-corrected chi connectivity index (χ3v) is 4.57.